The highest BCUT2D eigenvalue weighted by molar-refractivity contribution is 7.93. The third-order valence-electron chi connectivity index (χ3n) is 3.76. The van der Waals surface area contributed by atoms with Crippen LogP contribution in [0.5, 0.6) is 0 Å². The predicted octanol–water partition coefficient (Wildman–Crippen LogP) is 4.12. The molecule has 0 bridgehead atoms. The maximum Gasteiger partial charge on any atom is 0.516 e. The Morgan fingerprint density at radius 2 is 1.89 bits per heavy atom. The van der Waals surface area contributed by atoms with Crippen LogP contribution in [0.1, 0.15) is 17.8 Å². The number of sulfonamides is 1. The zero-order valence-corrected chi connectivity index (χ0v) is 15.7. The summed E-state index contributed by atoms with van der Waals surface area (Å²) in [5, 5.41) is 16.0. The van der Waals surface area contributed by atoms with E-state index in [9.17, 15) is 21.6 Å². The van der Waals surface area contributed by atoms with Crippen molar-refractivity contribution in [3.8, 4) is 0 Å². The second-order valence-electron chi connectivity index (χ2n) is 5.75. The second-order valence-corrected chi connectivity index (χ2v) is 8.58. The fraction of sp³-hybridized carbons (Fsp3) is 0.429. The lowest BCUT2D eigenvalue weighted by atomic mass is 10.2. The van der Waals surface area contributed by atoms with Gasteiger partial charge < -0.3 is 4.90 Å². The molecule has 0 aliphatic carbocycles. The van der Waals surface area contributed by atoms with Crippen LogP contribution >= 0.6 is 11.3 Å². The van der Waals surface area contributed by atoms with Gasteiger partial charge in [-0.2, -0.15) is 21.6 Å². The van der Waals surface area contributed by atoms with Crippen molar-refractivity contribution in [3.63, 3.8) is 0 Å². The van der Waals surface area contributed by atoms with Gasteiger partial charge in [-0.1, -0.05) is 11.3 Å². The monoisotopic (exact) mass is 420 g/mol. The standard InChI is InChI=1S/C14H15F3N6O2S2/c1-9-18-20-13(26-9)21-19-11-5-4-10(23-6-2-3-7-23)8-12(11)22-27(24,25)14(15,16)17/h4-5,8,22H,2-3,6-7H2,1H3. The Morgan fingerprint density at radius 1 is 1.19 bits per heavy atom. The van der Waals surface area contributed by atoms with E-state index in [4.69, 9.17) is 0 Å². The molecule has 0 unspecified atom stereocenters. The molecule has 1 aromatic heterocycles. The van der Waals surface area contributed by atoms with Gasteiger partial charge in [0.1, 0.15) is 10.7 Å². The highest BCUT2D eigenvalue weighted by atomic mass is 32.2. The molecule has 1 N–H and O–H groups in total. The van der Waals surface area contributed by atoms with Gasteiger partial charge >= 0.3 is 15.5 Å². The highest BCUT2D eigenvalue weighted by Gasteiger charge is 2.46. The van der Waals surface area contributed by atoms with Gasteiger partial charge in [0.05, 0.1) is 5.69 Å². The zero-order chi connectivity index (χ0) is 19.7. The number of rotatable bonds is 5. The Kier molecular flexibility index (Phi) is 5.33. The topological polar surface area (TPSA) is 99.9 Å². The molecular formula is C14H15F3N6O2S2. The molecule has 1 fully saturated rings. The van der Waals surface area contributed by atoms with Crippen molar-refractivity contribution in [1.29, 1.82) is 0 Å². The molecule has 13 heteroatoms. The summed E-state index contributed by atoms with van der Waals surface area (Å²) in [7, 11) is -5.59. The van der Waals surface area contributed by atoms with Crippen molar-refractivity contribution >= 4 is 43.6 Å². The van der Waals surface area contributed by atoms with E-state index in [0.717, 1.165) is 37.3 Å². The van der Waals surface area contributed by atoms with Crippen LogP contribution in [-0.2, 0) is 10.0 Å². The third kappa shape index (κ3) is 4.53. The average Bonchev–Trinajstić information content (AvgIpc) is 3.24. The predicted molar refractivity (Wildman–Crippen MR) is 95.3 cm³/mol. The molecule has 0 amide bonds. The lowest BCUT2D eigenvalue weighted by molar-refractivity contribution is -0.0429. The lowest BCUT2D eigenvalue weighted by Gasteiger charge is -2.19. The molecule has 0 radical (unpaired) electrons. The molecule has 1 saturated heterocycles. The molecular weight excluding hydrogens is 405 g/mol. The SMILES string of the molecule is Cc1nnc(N=Nc2ccc(N3CCCC3)cc2NS(=O)(=O)C(F)(F)F)s1. The summed E-state index contributed by atoms with van der Waals surface area (Å²) in [6.45, 7) is 3.21. The Morgan fingerprint density at radius 3 is 2.48 bits per heavy atom. The minimum Gasteiger partial charge on any atom is -0.371 e. The fourth-order valence-electron chi connectivity index (χ4n) is 2.49. The number of halogens is 3. The zero-order valence-electron chi connectivity index (χ0n) is 14.1. The molecule has 2 heterocycles. The van der Waals surface area contributed by atoms with E-state index < -0.39 is 15.5 Å². The van der Waals surface area contributed by atoms with Gasteiger partial charge in [-0.25, -0.2) is 0 Å². The summed E-state index contributed by atoms with van der Waals surface area (Å²) in [4.78, 5) is 1.96. The maximum atomic E-state index is 12.8. The first-order valence-electron chi connectivity index (χ1n) is 7.86. The fourth-order valence-corrected chi connectivity index (χ4v) is 3.57. The summed E-state index contributed by atoms with van der Waals surface area (Å²) >= 11 is 1.14. The van der Waals surface area contributed by atoms with Crippen LogP contribution in [0.4, 0.5) is 35.4 Å². The number of nitrogens with zero attached hydrogens (tertiary/aromatic N) is 5. The minimum atomic E-state index is -5.59. The quantitative estimate of drug-likeness (QED) is 0.734. The number of benzene rings is 1. The molecule has 1 aromatic carbocycles. The number of aromatic nitrogens is 2. The molecule has 1 aliphatic heterocycles. The van der Waals surface area contributed by atoms with Crippen molar-refractivity contribution in [2.24, 2.45) is 10.2 Å². The maximum absolute atomic E-state index is 12.8. The molecule has 0 atom stereocenters. The van der Waals surface area contributed by atoms with E-state index in [1.165, 1.54) is 12.1 Å². The van der Waals surface area contributed by atoms with Crippen LogP contribution in [0.25, 0.3) is 0 Å². The first-order chi connectivity index (χ1) is 12.7. The lowest BCUT2D eigenvalue weighted by Crippen LogP contribution is -2.30. The summed E-state index contributed by atoms with van der Waals surface area (Å²) in [5.74, 6) is 0. The molecule has 0 saturated carbocycles. The second kappa shape index (κ2) is 7.38. The summed E-state index contributed by atoms with van der Waals surface area (Å²) in [5.41, 5.74) is -5.19. The van der Waals surface area contributed by atoms with Crippen LogP contribution in [0.3, 0.4) is 0 Å². The first-order valence-corrected chi connectivity index (χ1v) is 10.2. The van der Waals surface area contributed by atoms with Gasteiger partial charge in [-0.15, -0.1) is 20.4 Å². The average molecular weight is 420 g/mol. The van der Waals surface area contributed by atoms with E-state index in [2.05, 4.69) is 20.4 Å². The molecule has 1 aliphatic rings. The highest BCUT2D eigenvalue weighted by Crippen LogP contribution is 2.36. The van der Waals surface area contributed by atoms with Gasteiger partial charge in [0.15, 0.2) is 0 Å². The van der Waals surface area contributed by atoms with Crippen LogP contribution in [-0.4, -0.2) is 37.2 Å². The van der Waals surface area contributed by atoms with Crippen LogP contribution in [0.15, 0.2) is 28.4 Å². The van der Waals surface area contributed by atoms with Gasteiger partial charge in [0.25, 0.3) is 5.13 Å². The van der Waals surface area contributed by atoms with Crippen molar-refractivity contribution in [2.45, 2.75) is 25.3 Å². The molecule has 2 aromatic rings. The normalized spacial score (nSPS) is 15.6. The molecule has 146 valence electrons. The number of anilines is 2. The third-order valence-corrected chi connectivity index (χ3v) is 5.58. The number of aryl methyl sites for hydroxylation is 1. The number of azo groups is 1. The molecule has 3 rings (SSSR count). The van der Waals surface area contributed by atoms with E-state index in [1.54, 1.807) is 17.7 Å². The van der Waals surface area contributed by atoms with E-state index in [1.807, 2.05) is 4.90 Å². The molecule has 27 heavy (non-hydrogen) atoms. The number of hydrogen-bond acceptors (Lipinski definition) is 8. The number of hydrogen-bond donors (Lipinski definition) is 1. The molecule has 0 spiro atoms. The van der Waals surface area contributed by atoms with Crippen molar-refractivity contribution in [2.75, 3.05) is 22.7 Å². The van der Waals surface area contributed by atoms with Crippen molar-refractivity contribution < 1.29 is 21.6 Å². The number of nitrogens with one attached hydrogen (secondary N) is 1. The van der Waals surface area contributed by atoms with Gasteiger partial charge in [-0.3, -0.25) is 4.72 Å². The Balaban J connectivity index is 1.97. The van der Waals surface area contributed by atoms with Crippen molar-refractivity contribution in [1.82, 2.24) is 10.2 Å². The Labute approximate surface area is 157 Å². The van der Waals surface area contributed by atoms with Gasteiger partial charge in [0.2, 0.25) is 0 Å². The Bertz CT molecular complexity index is 952. The van der Waals surface area contributed by atoms with Gasteiger partial charge in [0, 0.05) is 18.8 Å². The molecule has 8 nitrogen and oxygen atoms in total. The first kappa shape index (κ1) is 19.5. The summed E-state index contributed by atoms with van der Waals surface area (Å²) in [6, 6.07) is 4.41. The van der Waals surface area contributed by atoms with Crippen LogP contribution in [0, 0.1) is 6.92 Å². The smallest absolute Gasteiger partial charge is 0.371 e. The summed E-state index contributed by atoms with van der Waals surface area (Å²) in [6.07, 6.45) is 1.92. The minimum absolute atomic E-state index is 0.0568. The van der Waals surface area contributed by atoms with Crippen LogP contribution < -0.4 is 9.62 Å². The van der Waals surface area contributed by atoms with Gasteiger partial charge in [-0.05, 0) is 38.0 Å². The van der Waals surface area contributed by atoms with E-state index in [-0.39, 0.29) is 16.5 Å². The summed E-state index contributed by atoms with van der Waals surface area (Å²) < 4.78 is 63.0. The Hall–Kier alpha value is -2.28. The van der Waals surface area contributed by atoms with Crippen molar-refractivity contribution in [3.05, 3.63) is 23.2 Å². The van der Waals surface area contributed by atoms with Crippen LogP contribution in [0.2, 0.25) is 0 Å². The largest absolute Gasteiger partial charge is 0.516 e. The number of alkyl halides is 3. The van der Waals surface area contributed by atoms with E-state index >= 15 is 0 Å². The van der Waals surface area contributed by atoms with E-state index in [0.29, 0.717) is 10.7 Å².